The molecule has 5 heteroatoms. The third-order valence-corrected chi connectivity index (χ3v) is 4.68. The summed E-state index contributed by atoms with van der Waals surface area (Å²) in [6.45, 7) is 5.34. The van der Waals surface area contributed by atoms with E-state index < -0.39 is 0 Å². The minimum absolute atomic E-state index is 0.135. The molecule has 1 aliphatic heterocycles. The van der Waals surface area contributed by atoms with Crippen LogP contribution in [0.15, 0.2) is 43.0 Å². The quantitative estimate of drug-likeness (QED) is 0.557. The maximum atomic E-state index is 12.2. The van der Waals surface area contributed by atoms with Gasteiger partial charge in [-0.15, -0.1) is 6.58 Å². The van der Waals surface area contributed by atoms with E-state index in [0.29, 0.717) is 32.0 Å². The maximum Gasteiger partial charge on any atom is 0.410 e. The van der Waals surface area contributed by atoms with Crippen LogP contribution in [0.1, 0.15) is 31.2 Å². The summed E-state index contributed by atoms with van der Waals surface area (Å²) >= 11 is 0. The van der Waals surface area contributed by atoms with Crippen molar-refractivity contribution < 1.29 is 19.1 Å². The molecule has 1 aliphatic rings. The molecular weight excluding hydrogens is 318 g/mol. The molecule has 0 bridgehead atoms. The standard InChI is InChI=1S/C20H27NO4/c1-3-7-18(19(22)24-2)14-16-10-12-21(13-11-16)20(23)25-15-17-8-5-4-6-9-17/h3-6,8-9,16,18H,1,7,10-15H2,2H3. The second-order valence-corrected chi connectivity index (χ2v) is 6.45. The minimum Gasteiger partial charge on any atom is -0.469 e. The van der Waals surface area contributed by atoms with E-state index in [9.17, 15) is 9.59 Å². The largest absolute Gasteiger partial charge is 0.469 e. The van der Waals surface area contributed by atoms with Crippen LogP contribution >= 0.6 is 0 Å². The van der Waals surface area contributed by atoms with E-state index in [1.54, 1.807) is 11.0 Å². The molecule has 1 aromatic rings. The number of carbonyl (C=O) groups excluding carboxylic acids is 2. The van der Waals surface area contributed by atoms with Gasteiger partial charge in [-0.1, -0.05) is 36.4 Å². The molecule has 2 rings (SSSR count). The molecule has 1 saturated heterocycles. The predicted octanol–water partition coefficient (Wildman–Crippen LogP) is 3.79. The fourth-order valence-corrected chi connectivity index (χ4v) is 3.22. The van der Waals surface area contributed by atoms with Crippen LogP contribution in [-0.2, 0) is 20.9 Å². The van der Waals surface area contributed by atoms with Crippen LogP contribution in [0.5, 0.6) is 0 Å². The summed E-state index contributed by atoms with van der Waals surface area (Å²) < 4.78 is 10.2. The fraction of sp³-hybridized carbons (Fsp3) is 0.500. The summed E-state index contributed by atoms with van der Waals surface area (Å²) in [5, 5.41) is 0. The van der Waals surface area contributed by atoms with Gasteiger partial charge in [0.1, 0.15) is 6.61 Å². The lowest BCUT2D eigenvalue weighted by atomic mass is 9.86. The zero-order chi connectivity index (χ0) is 18.1. The summed E-state index contributed by atoms with van der Waals surface area (Å²) in [6, 6.07) is 9.66. The highest BCUT2D eigenvalue weighted by Gasteiger charge is 2.28. The molecule has 1 amide bonds. The predicted molar refractivity (Wildman–Crippen MR) is 95.9 cm³/mol. The molecule has 1 aromatic carbocycles. The van der Waals surface area contributed by atoms with E-state index in [-0.39, 0.29) is 18.0 Å². The highest BCUT2D eigenvalue weighted by atomic mass is 16.6. The highest BCUT2D eigenvalue weighted by molar-refractivity contribution is 5.72. The van der Waals surface area contributed by atoms with E-state index in [0.717, 1.165) is 24.8 Å². The first-order chi connectivity index (χ1) is 12.1. The number of ether oxygens (including phenoxy) is 2. The highest BCUT2D eigenvalue weighted by Crippen LogP contribution is 2.27. The third-order valence-electron chi connectivity index (χ3n) is 4.68. The van der Waals surface area contributed by atoms with Crippen molar-refractivity contribution in [2.75, 3.05) is 20.2 Å². The lowest BCUT2D eigenvalue weighted by Crippen LogP contribution is -2.39. The zero-order valence-corrected chi connectivity index (χ0v) is 14.9. The Kier molecular flexibility index (Phi) is 7.51. The minimum atomic E-state index is -0.266. The Hall–Kier alpha value is -2.30. The summed E-state index contributed by atoms with van der Waals surface area (Å²) in [6.07, 6.45) is 4.67. The number of piperidine rings is 1. The van der Waals surface area contributed by atoms with Crippen LogP contribution in [0.4, 0.5) is 4.79 Å². The van der Waals surface area contributed by atoms with Gasteiger partial charge in [0.25, 0.3) is 0 Å². The third kappa shape index (κ3) is 5.93. The van der Waals surface area contributed by atoms with Gasteiger partial charge < -0.3 is 14.4 Å². The average molecular weight is 345 g/mol. The number of nitrogens with zero attached hydrogens (tertiary/aromatic N) is 1. The Bertz CT molecular complexity index is 564. The Morgan fingerprint density at radius 3 is 2.56 bits per heavy atom. The number of hydrogen-bond donors (Lipinski definition) is 0. The number of allylic oxidation sites excluding steroid dienone is 1. The van der Waals surface area contributed by atoms with Crippen molar-refractivity contribution in [2.45, 2.75) is 32.3 Å². The van der Waals surface area contributed by atoms with E-state index in [4.69, 9.17) is 9.47 Å². The summed E-state index contributed by atoms with van der Waals surface area (Å²) in [5.74, 6) is 0.107. The second-order valence-electron chi connectivity index (χ2n) is 6.45. The fourth-order valence-electron chi connectivity index (χ4n) is 3.22. The molecule has 0 aromatic heterocycles. The summed E-state index contributed by atoms with van der Waals surface area (Å²) in [7, 11) is 1.42. The summed E-state index contributed by atoms with van der Waals surface area (Å²) in [5.41, 5.74) is 0.982. The zero-order valence-electron chi connectivity index (χ0n) is 14.9. The van der Waals surface area contributed by atoms with Gasteiger partial charge in [-0.25, -0.2) is 4.79 Å². The number of likely N-dealkylation sites (tertiary alicyclic amines) is 1. The molecule has 1 unspecified atom stereocenters. The van der Waals surface area contributed by atoms with Crippen molar-refractivity contribution in [3.63, 3.8) is 0 Å². The molecule has 136 valence electrons. The molecule has 0 N–H and O–H groups in total. The molecule has 0 aliphatic carbocycles. The van der Waals surface area contributed by atoms with Gasteiger partial charge in [-0.3, -0.25) is 4.79 Å². The van der Waals surface area contributed by atoms with Gasteiger partial charge in [0.15, 0.2) is 0 Å². The Morgan fingerprint density at radius 1 is 1.28 bits per heavy atom. The lowest BCUT2D eigenvalue weighted by Gasteiger charge is -2.32. The van der Waals surface area contributed by atoms with E-state index in [2.05, 4.69) is 6.58 Å². The van der Waals surface area contributed by atoms with Gasteiger partial charge in [-0.05, 0) is 37.2 Å². The molecule has 25 heavy (non-hydrogen) atoms. The van der Waals surface area contributed by atoms with Crippen LogP contribution in [0.25, 0.3) is 0 Å². The molecular formula is C20H27NO4. The van der Waals surface area contributed by atoms with Crippen LogP contribution in [0.2, 0.25) is 0 Å². The van der Waals surface area contributed by atoms with Gasteiger partial charge in [-0.2, -0.15) is 0 Å². The van der Waals surface area contributed by atoms with Gasteiger partial charge in [0, 0.05) is 13.1 Å². The monoisotopic (exact) mass is 345 g/mol. The van der Waals surface area contributed by atoms with Crippen LogP contribution in [0, 0.1) is 11.8 Å². The lowest BCUT2D eigenvalue weighted by molar-refractivity contribution is -0.146. The van der Waals surface area contributed by atoms with Crippen LogP contribution in [-0.4, -0.2) is 37.2 Å². The second kappa shape index (κ2) is 9.87. The molecule has 0 saturated carbocycles. The van der Waals surface area contributed by atoms with Crippen molar-refractivity contribution >= 4 is 12.1 Å². The number of hydrogen-bond acceptors (Lipinski definition) is 4. The molecule has 1 heterocycles. The van der Waals surface area contributed by atoms with Gasteiger partial charge in [0.2, 0.25) is 0 Å². The number of benzene rings is 1. The van der Waals surface area contributed by atoms with Crippen molar-refractivity contribution in [3.8, 4) is 0 Å². The van der Waals surface area contributed by atoms with Crippen molar-refractivity contribution in [1.82, 2.24) is 4.90 Å². The van der Waals surface area contributed by atoms with E-state index in [1.165, 1.54) is 7.11 Å². The molecule has 0 spiro atoms. The van der Waals surface area contributed by atoms with Crippen molar-refractivity contribution in [2.24, 2.45) is 11.8 Å². The number of methoxy groups -OCH3 is 1. The molecule has 5 nitrogen and oxygen atoms in total. The number of rotatable bonds is 7. The van der Waals surface area contributed by atoms with Crippen molar-refractivity contribution in [3.05, 3.63) is 48.6 Å². The average Bonchev–Trinajstić information content (AvgIpc) is 2.66. The smallest absolute Gasteiger partial charge is 0.410 e. The molecule has 1 fully saturated rings. The first kappa shape index (κ1) is 19.0. The van der Waals surface area contributed by atoms with E-state index >= 15 is 0 Å². The number of esters is 1. The van der Waals surface area contributed by atoms with Crippen molar-refractivity contribution in [1.29, 1.82) is 0 Å². The van der Waals surface area contributed by atoms with Gasteiger partial charge in [0.05, 0.1) is 13.0 Å². The number of amides is 1. The SMILES string of the molecule is C=CCC(CC1CCN(C(=O)OCc2ccccc2)CC1)C(=O)OC. The Balaban J connectivity index is 1.75. The Morgan fingerprint density at radius 2 is 1.96 bits per heavy atom. The first-order valence-corrected chi connectivity index (χ1v) is 8.78. The molecule has 0 radical (unpaired) electrons. The van der Waals surface area contributed by atoms with Crippen LogP contribution in [0.3, 0.4) is 0 Å². The number of carbonyl (C=O) groups is 2. The first-order valence-electron chi connectivity index (χ1n) is 8.78. The topological polar surface area (TPSA) is 55.8 Å². The summed E-state index contributed by atoms with van der Waals surface area (Å²) in [4.78, 5) is 25.7. The normalized spacial score (nSPS) is 16.1. The van der Waals surface area contributed by atoms with Gasteiger partial charge >= 0.3 is 12.1 Å². The van der Waals surface area contributed by atoms with E-state index in [1.807, 2.05) is 30.3 Å². The van der Waals surface area contributed by atoms with Crippen LogP contribution < -0.4 is 0 Å². The maximum absolute atomic E-state index is 12.2. The molecule has 1 atom stereocenters. The Labute approximate surface area is 149 Å².